The van der Waals surface area contributed by atoms with Gasteiger partial charge in [0, 0.05) is 24.1 Å². The Morgan fingerprint density at radius 1 is 1.29 bits per heavy atom. The average Bonchev–Trinajstić information content (AvgIpc) is 3.48. The highest BCUT2D eigenvalue weighted by Gasteiger charge is 2.29. The highest BCUT2D eigenvalue weighted by Crippen LogP contribution is 2.34. The van der Waals surface area contributed by atoms with E-state index in [0.29, 0.717) is 47.9 Å². The predicted octanol–water partition coefficient (Wildman–Crippen LogP) is 4.88. The minimum absolute atomic E-state index is 0.0348. The zero-order chi connectivity index (χ0) is 24.8. The first kappa shape index (κ1) is 24.5. The third kappa shape index (κ3) is 5.71. The van der Waals surface area contributed by atoms with Crippen molar-refractivity contribution in [1.29, 1.82) is 0 Å². The van der Waals surface area contributed by atoms with Gasteiger partial charge in [-0.2, -0.15) is 0 Å². The van der Waals surface area contributed by atoms with Crippen LogP contribution in [0.25, 0.3) is 11.0 Å². The number of nitrogens with one attached hydrogen (secondary N) is 2. The summed E-state index contributed by atoms with van der Waals surface area (Å²) in [5.41, 5.74) is 2.50. The number of hydrogen-bond acceptors (Lipinski definition) is 6. The first-order valence-electron chi connectivity index (χ1n) is 12.0. The number of fused-ring (bicyclic) bond motifs is 1. The monoisotopic (exact) mass is 476 g/mol. The Morgan fingerprint density at radius 3 is 2.77 bits per heavy atom. The number of hydrogen-bond donors (Lipinski definition) is 2. The van der Waals surface area contributed by atoms with E-state index < -0.39 is 5.97 Å². The molecule has 184 valence electrons. The first-order chi connectivity index (χ1) is 17.0. The third-order valence-electron chi connectivity index (χ3n) is 5.91. The van der Waals surface area contributed by atoms with Crippen molar-refractivity contribution in [2.24, 2.45) is 5.92 Å². The normalized spacial score (nSPS) is 15.7. The number of anilines is 2. The second kappa shape index (κ2) is 11.2. The first-order valence-corrected chi connectivity index (χ1v) is 12.0. The van der Waals surface area contributed by atoms with Crippen LogP contribution < -0.4 is 10.6 Å². The Labute approximate surface area is 205 Å². The molecule has 0 spiro atoms. The van der Waals surface area contributed by atoms with E-state index in [1.54, 1.807) is 35.0 Å². The van der Waals surface area contributed by atoms with Crippen molar-refractivity contribution in [3.63, 3.8) is 0 Å². The minimum atomic E-state index is -0.543. The Balaban J connectivity index is 1.78. The molecule has 2 aromatic heterocycles. The number of aromatic nitrogens is 2. The lowest BCUT2D eigenvalue weighted by atomic mass is 10.2. The van der Waals surface area contributed by atoms with E-state index in [9.17, 15) is 9.59 Å². The molecule has 3 heterocycles. The molecule has 0 saturated carbocycles. The summed E-state index contributed by atoms with van der Waals surface area (Å²) in [5.74, 6) is -0.393. The van der Waals surface area contributed by atoms with Crippen LogP contribution in [0.5, 0.6) is 0 Å². The van der Waals surface area contributed by atoms with Gasteiger partial charge in [-0.05, 0) is 37.0 Å². The zero-order valence-electron chi connectivity index (χ0n) is 20.4. The van der Waals surface area contributed by atoms with Crippen molar-refractivity contribution >= 4 is 34.3 Å². The van der Waals surface area contributed by atoms with Crippen LogP contribution in [0, 0.1) is 5.92 Å². The summed E-state index contributed by atoms with van der Waals surface area (Å²) in [4.78, 5) is 30.8. The lowest BCUT2D eigenvalue weighted by molar-refractivity contribution is 0.0580. The number of carbonyl (C=O) groups excluding carboxylic acids is 2. The van der Waals surface area contributed by atoms with Crippen molar-refractivity contribution in [1.82, 2.24) is 9.55 Å². The van der Waals surface area contributed by atoms with Crippen LogP contribution in [-0.2, 0) is 16.0 Å². The summed E-state index contributed by atoms with van der Waals surface area (Å²) in [6.07, 6.45) is 7.76. The summed E-state index contributed by atoms with van der Waals surface area (Å²) in [5, 5.41) is 6.95. The molecule has 1 aliphatic heterocycles. The van der Waals surface area contributed by atoms with Crippen molar-refractivity contribution < 1.29 is 19.1 Å². The molecular formula is C27H32N4O4. The number of nitrogens with zero attached hydrogens (tertiary/aromatic N) is 2. The molecule has 1 atom stereocenters. The van der Waals surface area contributed by atoms with Gasteiger partial charge in [0.2, 0.25) is 0 Å². The number of esters is 1. The molecule has 1 aromatic carbocycles. The van der Waals surface area contributed by atoms with Gasteiger partial charge < -0.3 is 24.7 Å². The van der Waals surface area contributed by atoms with E-state index in [1.807, 2.05) is 12.1 Å². The van der Waals surface area contributed by atoms with Crippen molar-refractivity contribution in [3.05, 3.63) is 66.0 Å². The second-order valence-corrected chi connectivity index (χ2v) is 8.93. The van der Waals surface area contributed by atoms with Crippen LogP contribution in [0.3, 0.4) is 0 Å². The van der Waals surface area contributed by atoms with Gasteiger partial charge in [0.1, 0.15) is 5.65 Å². The van der Waals surface area contributed by atoms with Gasteiger partial charge in [0.15, 0.2) is 5.69 Å². The van der Waals surface area contributed by atoms with Crippen LogP contribution in [0.15, 0.2) is 54.7 Å². The lowest BCUT2D eigenvalue weighted by Crippen LogP contribution is -2.21. The Kier molecular flexibility index (Phi) is 7.82. The molecular weight excluding hydrogens is 444 g/mol. The maximum absolute atomic E-state index is 13.1. The smallest absolute Gasteiger partial charge is 0.356 e. The van der Waals surface area contributed by atoms with Crippen molar-refractivity contribution in [2.45, 2.75) is 39.3 Å². The van der Waals surface area contributed by atoms with Gasteiger partial charge in [0.05, 0.1) is 37.3 Å². The number of benzene rings is 1. The third-order valence-corrected chi connectivity index (χ3v) is 5.91. The molecule has 4 rings (SSSR count). The van der Waals surface area contributed by atoms with Crippen molar-refractivity contribution in [3.8, 4) is 0 Å². The molecule has 35 heavy (non-hydrogen) atoms. The summed E-state index contributed by atoms with van der Waals surface area (Å²) in [7, 11) is 1.33. The van der Waals surface area contributed by atoms with Crippen LogP contribution in [0.1, 0.15) is 47.5 Å². The number of pyridine rings is 1. The number of methoxy groups -OCH3 is 1. The summed E-state index contributed by atoms with van der Waals surface area (Å²) in [6, 6.07) is 10.8. The Morgan fingerprint density at radius 2 is 2.09 bits per heavy atom. The van der Waals surface area contributed by atoms with E-state index in [0.717, 1.165) is 18.5 Å². The highest BCUT2D eigenvalue weighted by atomic mass is 16.5. The highest BCUT2D eigenvalue weighted by molar-refractivity contribution is 6.14. The Hall–Kier alpha value is -3.65. The fourth-order valence-electron chi connectivity index (χ4n) is 4.22. The van der Waals surface area contributed by atoms with Gasteiger partial charge in [-0.25, -0.2) is 9.78 Å². The SMILES string of the molecule is COC(=O)c1c(NC(=O)c2ccccc2)c2cc(NC/C=C/C(C)C)cnc2n1C[C@@H]1CCCO1. The molecule has 0 bridgehead atoms. The molecule has 2 N–H and O–H groups in total. The molecule has 8 heteroatoms. The average molecular weight is 477 g/mol. The van der Waals surface area contributed by atoms with E-state index in [4.69, 9.17) is 9.47 Å². The molecule has 0 radical (unpaired) electrons. The van der Waals surface area contributed by atoms with Gasteiger partial charge >= 0.3 is 5.97 Å². The number of carbonyl (C=O) groups is 2. The molecule has 0 unspecified atom stereocenters. The van der Waals surface area contributed by atoms with Crippen molar-refractivity contribution in [2.75, 3.05) is 30.9 Å². The number of ether oxygens (including phenoxy) is 2. The fourth-order valence-corrected chi connectivity index (χ4v) is 4.22. The number of allylic oxidation sites excluding steroid dienone is 1. The largest absolute Gasteiger partial charge is 0.464 e. The molecule has 3 aromatic rings. The second-order valence-electron chi connectivity index (χ2n) is 8.93. The predicted molar refractivity (Wildman–Crippen MR) is 137 cm³/mol. The standard InChI is InChI=1S/C27H32N4O4/c1-18(2)9-7-13-28-20-15-22-23(30-26(32)19-10-5-4-6-11-19)24(27(33)34-3)31(25(22)29-16-20)17-21-12-8-14-35-21/h4-7,9-11,15-16,18,21,28H,8,12-14,17H2,1-3H3,(H,30,32)/b9-7+/t21-/m0/s1. The van der Waals surface area contributed by atoms with Crippen LogP contribution >= 0.6 is 0 Å². The van der Waals surface area contributed by atoms with E-state index in [-0.39, 0.29) is 17.7 Å². The topological polar surface area (TPSA) is 94.5 Å². The molecule has 1 amide bonds. The van der Waals surface area contributed by atoms with Crippen LogP contribution in [0.2, 0.25) is 0 Å². The molecule has 1 aliphatic rings. The van der Waals surface area contributed by atoms with E-state index >= 15 is 0 Å². The maximum Gasteiger partial charge on any atom is 0.356 e. The zero-order valence-corrected chi connectivity index (χ0v) is 20.4. The van der Waals surface area contributed by atoms with Gasteiger partial charge in [-0.15, -0.1) is 0 Å². The van der Waals surface area contributed by atoms with E-state index in [1.165, 1.54) is 7.11 Å². The van der Waals surface area contributed by atoms with Gasteiger partial charge in [-0.1, -0.05) is 44.2 Å². The Bertz CT molecular complexity index is 1210. The lowest BCUT2D eigenvalue weighted by Gasteiger charge is -2.14. The summed E-state index contributed by atoms with van der Waals surface area (Å²) < 4.78 is 12.8. The summed E-state index contributed by atoms with van der Waals surface area (Å²) >= 11 is 0. The molecule has 0 aliphatic carbocycles. The van der Waals surface area contributed by atoms with Gasteiger partial charge in [0.25, 0.3) is 5.91 Å². The molecule has 1 fully saturated rings. The maximum atomic E-state index is 13.1. The molecule has 1 saturated heterocycles. The minimum Gasteiger partial charge on any atom is -0.464 e. The van der Waals surface area contributed by atoms with E-state index in [2.05, 4.69) is 41.6 Å². The van der Waals surface area contributed by atoms with Crippen LogP contribution in [0.4, 0.5) is 11.4 Å². The quantitative estimate of drug-likeness (QED) is 0.338. The number of amides is 1. The van der Waals surface area contributed by atoms with Crippen LogP contribution in [-0.4, -0.2) is 47.8 Å². The summed E-state index contributed by atoms with van der Waals surface area (Å²) in [6.45, 7) is 6.02. The molecule has 8 nitrogen and oxygen atoms in total. The number of rotatable bonds is 9. The fraction of sp³-hybridized carbons (Fsp3) is 0.370. The van der Waals surface area contributed by atoms with Gasteiger partial charge in [-0.3, -0.25) is 4.79 Å².